The Kier molecular flexibility index (Phi) is 4.25. The Morgan fingerprint density at radius 2 is 1.90 bits per heavy atom. The standard InChI is InChI=1S/C15H15ClN2O2/c1-10-3-6-14(18(19)20)8-15(10)17-9-12-4-5-13(16)7-11(12)2/h3-8,17H,9H2,1-2H3. The quantitative estimate of drug-likeness (QED) is 0.667. The van der Waals surface area contributed by atoms with Crippen molar-refractivity contribution in [1.29, 1.82) is 0 Å². The first-order valence-electron chi connectivity index (χ1n) is 6.21. The summed E-state index contributed by atoms with van der Waals surface area (Å²) in [5.41, 5.74) is 4.04. The molecular formula is C15H15ClN2O2. The summed E-state index contributed by atoms with van der Waals surface area (Å²) < 4.78 is 0. The van der Waals surface area contributed by atoms with E-state index >= 15 is 0 Å². The third-order valence-corrected chi connectivity index (χ3v) is 3.44. The average molecular weight is 291 g/mol. The van der Waals surface area contributed by atoms with Crippen molar-refractivity contribution in [2.75, 3.05) is 5.32 Å². The first kappa shape index (κ1) is 14.3. The van der Waals surface area contributed by atoms with Crippen LogP contribution >= 0.6 is 11.6 Å². The lowest BCUT2D eigenvalue weighted by atomic mass is 10.1. The van der Waals surface area contributed by atoms with Crippen LogP contribution < -0.4 is 5.32 Å². The molecule has 0 radical (unpaired) electrons. The number of nitrogens with one attached hydrogen (secondary N) is 1. The zero-order valence-electron chi connectivity index (χ0n) is 11.3. The van der Waals surface area contributed by atoms with Crippen molar-refractivity contribution in [1.82, 2.24) is 0 Å². The molecule has 0 saturated heterocycles. The summed E-state index contributed by atoms with van der Waals surface area (Å²) in [5.74, 6) is 0. The molecule has 4 nitrogen and oxygen atoms in total. The van der Waals surface area contributed by atoms with Crippen LogP contribution in [0.25, 0.3) is 0 Å². The fraction of sp³-hybridized carbons (Fsp3) is 0.200. The predicted octanol–water partition coefficient (Wildman–Crippen LogP) is 4.48. The minimum Gasteiger partial charge on any atom is -0.381 e. The van der Waals surface area contributed by atoms with Gasteiger partial charge in [-0.05, 0) is 42.7 Å². The molecule has 0 bridgehead atoms. The number of nitro groups is 1. The monoisotopic (exact) mass is 290 g/mol. The minimum absolute atomic E-state index is 0.0888. The number of rotatable bonds is 4. The van der Waals surface area contributed by atoms with E-state index in [1.807, 2.05) is 32.0 Å². The van der Waals surface area contributed by atoms with Gasteiger partial charge in [0.15, 0.2) is 0 Å². The van der Waals surface area contributed by atoms with Gasteiger partial charge in [0.2, 0.25) is 0 Å². The number of anilines is 1. The van der Waals surface area contributed by atoms with E-state index in [1.165, 1.54) is 6.07 Å². The van der Waals surface area contributed by atoms with Gasteiger partial charge in [-0.1, -0.05) is 23.7 Å². The van der Waals surface area contributed by atoms with E-state index in [0.29, 0.717) is 11.6 Å². The first-order valence-corrected chi connectivity index (χ1v) is 6.59. The number of aryl methyl sites for hydroxylation is 2. The van der Waals surface area contributed by atoms with Gasteiger partial charge in [0, 0.05) is 29.4 Å². The lowest BCUT2D eigenvalue weighted by Crippen LogP contribution is -2.03. The molecule has 2 rings (SSSR count). The van der Waals surface area contributed by atoms with Gasteiger partial charge in [-0.3, -0.25) is 10.1 Å². The summed E-state index contributed by atoms with van der Waals surface area (Å²) in [6, 6.07) is 10.5. The summed E-state index contributed by atoms with van der Waals surface area (Å²) in [4.78, 5) is 10.4. The lowest BCUT2D eigenvalue weighted by Gasteiger charge is -2.11. The third kappa shape index (κ3) is 3.27. The topological polar surface area (TPSA) is 55.2 Å². The number of nitrogens with zero attached hydrogens (tertiary/aromatic N) is 1. The van der Waals surface area contributed by atoms with E-state index in [4.69, 9.17) is 11.6 Å². The van der Waals surface area contributed by atoms with Gasteiger partial charge in [0.25, 0.3) is 5.69 Å². The minimum atomic E-state index is -0.391. The summed E-state index contributed by atoms with van der Waals surface area (Å²) in [7, 11) is 0. The Bertz CT molecular complexity index is 656. The van der Waals surface area contributed by atoms with Gasteiger partial charge in [0.1, 0.15) is 0 Å². The van der Waals surface area contributed by atoms with Crippen LogP contribution in [0.5, 0.6) is 0 Å². The normalized spacial score (nSPS) is 10.3. The highest BCUT2D eigenvalue weighted by Gasteiger charge is 2.08. The number of halogens is 1. The van der Waals surface area contributed by atoms with Crippen molar-refractivity contribution in [3.8, 4) is 0 Å². The molecule has 2 aromatic carbocycles. The second kappa shape index (κ2) is 5.92. The molecule has 1 N–H and O–H groups in total. The average Bonchev–Trinajstić information content (AvgIpc) is 2.39. The maximum atomic E-state index is 10.8. The Morgan fingerprint density at radius 3 is 2.55 bits per heavy atom. The van der Waals surface area contributed by atoms with E-state index < -0.39 is 4.92 Å². The lowest BCUT2D eigenvalue weighted by molar-refractivity contribution is -0.384. The summed E-state index contributed by atoms with van der Waals surface area (Å²) in [6.07, 6.45) is 0. The van der Waals surface area contributed by atoms with E-state index in [0.717, 1.165) is 22.4 Å². The Morgan fingerprint density at radius 1 is 1.15 bits per heavy atom. The van der Waals surface area contributed by atoms with Crippen molar-refractivity contribution in [2.45, 2.75) is 20.4 Å². The number of non-ortho nitro benzene ring substituents is 1. The van der Waals surface area contributed by atoms with Crippen LogP contribution in [0.1, 0.15) is 16.7 Å². The number of hydrogen-bond donors (Lipinski definition) is 1. The van der Waals surface area contributed by atoms with E-state index in [-0.39, 0.29) is 5.69 Å². The first-order chi connectivity index (χ1) is 9.47. The van der Waals surface area contributed by atoms with Crippen LogP contribution in [-0.2, 0) is 6.54 Å². The predicted molar refractivity (Wildman–Crippen MR) is 81.3 cm³/mol. The molecule has 104 valence electrons. The molecule has 0 aromatic heterocycles. The largest absolute Gasteiger partial charge is 0.381 e. The van der Waals surface area contributed by atoms with Gasteiger partial charge in [-0.15, -0.1) is 0 Å². The van der Waals surface area contributed by atoms with E-state index in [2.05, 4.69) is 5.32 Å². The van der Waals surface area contributed by atoms with Crippen LogP contribution in [-0.4, -0.2) is 4.92 Å². The summed E-state index contributed by atoms with van der Waals surface area (Å²) in [6.45, 7) is 4.51. The number of hydrogen-bond acceptors (Lipinski definition) is 3. The highest BCUT2D eigenvalue weighted by atomic mass is 35.5. The van der Waals surface area contributed by atoms with Gasteiger partial charge in [-0.2, -0.15) is 0 Å². The molecule has 0 amide bonds. The molecule has 2 aromatic rings. The highest BCUT2D eigenvalue weighted by Crippen LogP contribution is 2.23. The SMILES string of the molecule is Cc1cc(Cl)ccc1CNc1cc([N+](=O)[O-])ccc1C. The molecule has 0 heterocycles. The molecule has 0 aliphatic heterocycles. The smallest absolute Gasteiger partial charge is 0.271 e. The Labute approximate surface area is 122 Å². The van der Waals surface area contributed by atoms with Gasteiger partial charge in [0.05, 0.1) is 4.92 Å². The fourth-order valence-electron chi connectivity index (χ4n) is 1.96. The molecule has 0 saturated carbocycles. The molecule has 0 unspecified atom stereocenters. The molecule has 0 aliphatic rings. The zero-order valence-corrected chi connectivity index (χ0v) is 12.1. The highest BCUT2D eigenvalue weighted by molar-refractivity contribution is 6.30. The third-order valence-electron chi connectivity index (χ3n) is 3.21. The molecule has 0 spiro atoms. The molecule has 0 atom stereocenters. The van der Waals surface area contributed by atoms with E-state index in [9.17, 15) is 10.1 Å². The van der Waals surface area contributed by atoms with Crippen LogP contribution in [0.3, 0.4) is 0 Å². The van der Waals surface area contributed by atoms with Crippen LogP contribution in [0, 0.1) is 24.0 Å². The molecule has 0 fully saturated rings. The van der Waals surface area contributed by atoms with E-state index in [1.54, 1.807) is 12.1 Å². The second-order valence-electron chi connectivity index (χ2n) is 4.68. The van der Waals surface area contributed by atoms with Crippen molar-refractivity contribution in [3.05, 3.63) is 68.2 Å². The summed E-state index contributed by atoms with van der Waals surface area (Å²) in [5, 5.41) is 14.7. The molecular weight excluding hydrogens is 276 g/mol. The maximum Gasteiger partial charge on any atom is 0.271 e. The molecule has 20 heavy (non-hydrogen) atoms. The van der Waals surface area contributed by atoms with Crippen molar-refractivity contribution in [3.63, 3.8) is 0 Å². The van der Waals surface area contributed by atoms with Crippen molar-refractivity contribution in [2.24, 2.45) is 0 Å². The van der Waals surface area contributed by atoms with Gasteiger partial charge in [-0.25, -0.2) is 0 Å². The number of benzene rings is 2. The number of nitro benzene ring substituents is 1. The Hall–Kier alpha value is -2.07. The molecule has 5 heteroatoms. The van der Waals surface area contributed by atoms with Crippen LogP contribution in [0.2, 0.25) is 5.02 Å². The zero-order chi connectivity index (χ0) is 14.7. The second-order valence-corrected chi connectivity index (χ2v) is 5.12. The van der Waals surface area contributed by atoms with Crippen molar-refractivity contribution < 1.29 is 4.92 Å². The Balaban J connectivity index is 2.18. The van der Waals surface area contributed by atoms with Gasteiger partial charge >= 0.3 is 0 Å². The fourth-order valence-corrected chi connectivity index (χ4v) is 2.19. The van der Waals surface area contributed by atoms with Crippen molar-refractivity contribution >= 4 is 23.0 Å². The van der Waals surface area contributed by atoms with Crippen LogP contribution in [0.4, 0.5) is 11.4 Å². The van der Waals surface area contributed by atoms with Crippen LogP contribution in [0.15, 0.2) is 36.4 Å². The maximum absolute atomic E-state index is 10.8. The van der Waals surface area contributed by atoms with Gasteiger partial charge < -0.3 is 5.32 Å². The summed E-state index contributed by atoms with van der Waals surface area (Å²) >= 11 is 5.92. The molecule has 0 aliphatic carbocycles.